The summed E-state index contributed by atoms with van der Waals surface area (Å²) >= 11 is 0. The number of pyridine rings is 1. The second-order valence-corrected chi connectivity index (χ2v) is 6.57. The Morgan fingerprint density at radius 1 is 1.36 bits per heavy atom. The predicted molar refractivity (Wildman–Crippen MR) is 80.4 cm³/mol. The molecule has 0 saturated heterocycles. The molecule has 4 unspecified atom stereocenters. The standard InChI is InChI=1S/C16H20N4O2/c1-9-18-19-14-5-4-12(7-20(9)14)16(22)17-15-11-3-2-10(6-11)13(15)8-21/h4-5,7,10-11,13,15,21H,2-3,6,8H2,1H3,(H,17,22). The number of nitrogens with zero attached hydrogens (tertiary/aromatic N) is 3. The zero-order valence-electron chi connectivity index (χ0n) is 12.6. The Kier molecular flexibility index (Phi) is 3.14. The lowest BCUT2D eigenvalue weighted by atomic mass is 9.85. The fraction of sp³-hybridized carbons (Fsp3) is 0.562. The number of rotatable bonds is 3. The van der Waals surface area contributed by atoms with Crippen LogP contribution in [0.4, 0.5) is 0 Å². The highest BCUT2D eigenvalue weighted by Crippen LogP contribution is 2.48. The van der Waals surface area contributed by atoms with E-state index in [1.807, 2.05) is 11.3 Å². The van der Waals surface area contributed by atoms with Crippen molar-refractivity contribution in [3.63, 3.8) is 0 Å². The van der Waals surface area contributed by atoms with Gasteiger partial charge in [0.15, 0.2) is 5.65 Å². The molecule has 4 atom stereocenters. The van der Waals surface area contributed by atoms with Crippen molar-refractivity contribution in [2.24, 2.45) is 17.8 Å². The van der Waals surface area contributed by atoms with Gasteiger partial charge >= 0.3 is 0 Å². The fourth-order valence-corrected chi connectivity index (χ4v) is 4.27. The minimum atomic E-state index is -0.0778. The first-order chi connectivity index (χ1) is 10.7. The zero-order valence-corrected chi connectivity index (χ0v) is 12.6. The molecule has 2 saturated carbocycles. The lowest BCUT2D eigenvalue weighted by molar-refractivity contribution is 0.0861. The molecule has 2 aliphatic rings. The number of fused-ring (bicyclic) bond motifs is 3. The average Bonchev–Trinajstić information content (AvgIpc) is 3.22. The molecule has 1 amide bonds. The van der Waals surface area contributed by atoms with E-state index >= 15 is 0 Å². The maximum Gasteiger partial charge on any atom is 0.253 e. The average molecular weight is 300 g/mol. The molecular formula is C16H20N4O2. The van der Waals surface area contributed by atoms with E-state index in [1.165, 1.54) is 6.42 Å². The monoisotopic (exact) mass is 300 g/mol. The van der Waals surface area contributed by atoms with E-state index in [4.69, 9.17) is 0 Å². The molecular weight excluding hydrogens is 280 g/mol. The van der Waals surface area contributed by atoms with Crippen molar-refractivity contribution in [3.8, 4) is 0 Å². The highest BCUT2D eigenvalue weighted by molar-refractivity contribution is 5.94. The van der Waals surface area contributed by atoms with Gasteiger partial charge in [-0.25, -0.2) is 0 Å². The lowest BCUT2D eigenvalue weighted by Crippen LogP contribution is -2.45. The van der Waals surface area contributed by atoms with Gasteiger partial charge in [-0.05, 0) is 50.2 Å². The van der Waals surface area contributed by atoms with Gasteiger partial charge in [-0.3, -0.25) is 9.20 Å². The van der Waals surface area contributed by atoms with Gasteiger partial charge in [0, 0.05) is 24.8 Å². The molecule has 4 rings (SSSR count). The Morgan fingerprint density at radius 2 is 2.18 bits per heavy atom. The molecule has 2 aromatic heterocycles. The Morgan fingerprint density at radius 3 is 3.00 bits per heavy atom. The van der Waals surface area contributed by atoms with Gasteiger partial charge in [-0.2, -0.15) is 0 Å². The summed E-state index contributed by atoms with van der Waals surface area (Å²) in [6, 6.07) is 3.69. The number of aromatic nitrogens is 3. The highest BCUT2D eigenvalue weighted by atomic mass is 16.3. The molecule has 2 aliphatic carbocycles. The van der Waals surface area contributed by atoms with Gasteiger partial charge in [0.2, 0.25) is 0 Å². The van der Waals surface area contributed by atoms with Crippen molar-refractivity contribution in [2.45, 2.75) is 32.2 Å². The van der Waals surface area contributed by atoms with Crippen molar-refractivity contribution in [1.29, 1.82) is 0 Å². The number of carbonyl (C=O) groups excluding carboxylic acids is 1. The molecule has 2 N–H and O–H groups in total. The molecule has 22 heavy (non-hydrogen) atoms. The zero-order chi connectivity index (χ0) is 15.3. The molecule has 0 aromatic carbocycles. The van der Waals surface area contributed by atoms with E-state index in [2.05, 4.69) is 15.5 Å². The molecule has 6 heteroatoms. The summed E-state index contributed by atoms with van der Waals surface area (Å²) in [5.41, 5.74) is 1.34. The number of aliphatic hydroxyl groups excluding tert-OH is 1. The summed E-state index contributed by atoms with van der Waals surface area (Å²) < 4.78 is 1.82. The number of hydrogen-bond acceptors (Lipinski definition) is 4. The molecule has 2 heterocycles. The summed E-state index contributed by atoms with van der Waals surface area (Å²) in [5, 5.41) is 20.8. The van der Waals surface area contributed by atoms with Crippen LogP contribution in [0.25, 0.3) is 5.65 Å². The Balaban J connectivity index is 1.57. The fourth-order valence-electron chi connectivity index (χ4n) is 4.27. The Labute approximate surface area is 128 Å². The van der Waals surface area contributed by atoms with E-state index in [0.29, 0.717) is 17.4 Å². The summed E-state index contributed by atoms with van der Waals surface area (Å²) in [5.74, 6) is 1.99. The third-order valence-electron chi connectivity index (χ3n) is 5.43. The third-order valence-corrected chi connectivity index (χ3v) is 5.43. The van der Waals surface area contributed by atoms with Crippen molar-refractivity contribution in [3.05, 3.63) is 29.7 Å². The van der Waals surface area contributed by atoms with Crippen LogP contribution in [0.2, 0.25) is 0 Å². The molecule has 0 radical (unpaired) electrons. The summed E-state index contributed by atoms with van der Waals surface area (Å²) in [6.07, 6.45) is 5.27. The number of aliphatic hydroxyl groups is 1. The second-order valence-electron chi connectivity index (χ2n) is 6.57. The van der Waals surface area contributed by atoms with E-state index in [0.717, 1.165) is 24.3 Å². The summed E-state index contributed by atoms with van der Waals surface area (Å²) in [4.78, 5) is 12.6. The van der Waals surface area contributed by atoms with E-state index in [1.54, 1.807) is 18.3 Å². The van der Waals surface area contributed by atoms with Gasteiger partial charge in [-0.1, -0.05) is 0 Å². The Hall–Kier alpha value is -1.95. The van der Waals surface area contributed by atoms with Crippen LogP contribution in [0.15, 0.2) is 18.3 Å². The quantitative estimate of drug-likeness (QED) is 0.892. The van der Waals surface area contributed by atoms with Crippen LogP contribution in [0.3, 0.4) is 0 Å². The second kappa shape index (κ2) is 5.05. The van der Waals surface area contributed by atoms with Crippen molar-refractivity contribution >= 4 is 11.6 Å². The smallest absolute Gasteiger partial charge is 0.253 e. The maximum atomic E-state index is 12.6. The van der Waals surface area contributed by atoms with Crippen LogP contribution in [0.1, 0.15) is 35.4 Å². The number of nitrogens with one attached hydrogen (secondary N) is 1. The molecule has 2 fully saturated rings. The predicted octanol–water partition coefficient (Wildman–Crippen LogP) is 1.17. The number of carbonyl (C=O) groups is 1. The molecule has 2 aromatic rings. The van der Waals surface area contributed by atoms with Gasteiger partial charge in [-0.15, -0.1) is 10.2 Å². The first-order valence-electron chi connectivity index (χ1n) is 7.90. The van der Waals surface area contributed by atoms with Crippen molar-refractivity contribution < 1.29 is 9.90 Å². The van der Waals surface area contributed by atoms with Crippen LogP contribution < -0.4 is 5.32 Å². The lowest BCUT2D eigenvalue weighted by Gasteiger charge is -2.30. The Bertz CT molecular complexity index is 726. The normalized spacial score (nSPS) is 30.1. The van der Waals surface area contributed by atoms with Crippen LogP contribution in [-0.4, -0.2) is 38.3 Å². The van der Waals surface area contributed by atoms with Gasteiger partial charge in [0.25, 0.3) is 5.91 Å². The maximum absolute atomic E-state index is 12.6. The van der Waals surface area contributed by atoms with Crippen LogP contribution in [0.5, 0.6) is 0 Å². The highest BCUT2D eigenvalue weighted by Gasteiger charge is 2.47. The van der Waals surface area contributed by atoms with Crippen molar-refractivity contribution in [1.82, 2.24) is 19.9 Å². The van der Waals surface area contributed by atoms with E-state index in [9.17, 15) is 9.90 Å². The SMILES string of the molecule is Cc1nnc2ccc(C(=O)NC3C4CCC(C4)C3CO)cn12. The van der Waals surface area contributed by atoms with E-state index < -0.39 is 0 Å². The van der Waals surface area contributed by atoms with Gasteiger partial charge < -0.3 is 10.4 Å². The minimum Gasteiger partial charge on any atom is -0.396 e. The third kappa shape index (κ3) is 2.01. The van der Waals surface area contributed by atoms with Crippen LogP contribution >= 0.6 is 0 Å². The summed E-state index contributed by atoms with van der Waals surface area (Å²) in [7, 11) is 0. The van der Waals surface area contributed by atoms with Crippen LogP contribution in [-0.2, 0) is 0 Å². The molecule has 6 nitrogen and oxygen atoms in total. The first-order valence-corrected chi connectivity index (χ1v) is 7.90. The topological polar surface area (TPSA) is 79.5 Å². The van der Waals surface area contributed by atoms with Gasteiger partial charge in [0.05, 0.1) is 5.56 Å². The first kappa shape index (κ1) is 13.7. The number of aryl methyl sites for hydroxylation is 1. The molecule has 0 aliphatic heterocycles. The van der Waals surface area contributed by atoms with Crippen LogP contribution in [0, 0.1) is 24.7 Å². The van der Waals surface area contributed by atoms with E-state index in [-0.39, 0.29) is 24.5 Å². The minimum absolute atomic E-state index is 0.0778. The summed E-state index contributed by atoms with van der Waals surface area (Å²) in [6.45, 7) is 2.02. The molecule has 0 spiro atoms. The number of hydrogen-bond donors (Lipinski definition) is 2. The molecule has 2 bridgehead atoms. The van der Waals surface area contributed by atoms with Crippen molar-refractivity contribution in [2.75, 3.05) is 6.61 Å². The largest absolute Gasteiger partial charge is 0.396 e. The molecule has 116 valence electrons. The number of amides is 1. The van der Waals surface area contributed by atoms with Gasteiger partial charge in [0.1, 0.15) is 5.82 Å².